The smallest absolute Gasteiger partial charge is 0.127 e. The predicted molar refractivity (Wildman–Crippen MR) is 75.6 cm³/mol. The summed E-state index contributed by atoms with van der Waals surface area (Å²) in [7, 11) is 2.01. The third-order valence-corrected chi connectivity index (χ3v) is 4.12. The Bertz CT molecular complexity index is 468. The quantitative estimate of drug-likeness (QED) is 0.612. The van der Waals surface area contributed by atoms with Crippen LogP contribution in [0.2, 0.25) is 0 Å². The third-order valence-electron chi connectivity index (χ3n) is 4.12. The van der Waals surface area contributed by atoms with Crippen LogP contribution in [-0.2, 0) is 0 Å². The van der Waals surface area contributed by atoms with Crippen molar-refractivity contribution in [3.63, 3.8) is 0 Å². The minimum Gasteiger partial charge on any atom is -0.388 e. The van der Waals surface area contributed by atoms with Crippen LogP contribution in [0.4, 0.5) is 4.39 Å². The molecule has 2 rings (SSSR count). The number of rotatable bonds is 6. The Morgan fingerprint density at radius 1 is 1.47 bits per heavy atom. The minimum atomic E-state index is -0.154. The Labute approximate surface area is 114 Å². The fraction of sp³-hybridized carbons (Fsp3) is 0.533. The van der Waals surface area contributed by atoms with Crippen LogP contribution in [0, 0.1) is 16.6 Å². The third kappa shape index (κ3) is 3.32. The molecule has 1 aromatic rings. The molecular weight excluding hydrogens is 241 g/mol. The summed E-state index contributed by atoms with van der Waals surface area (Å²) in [5.41, 5.74) is 6.39. The van der Waals surface area contributed by atoms with Crippen molar-refractivity contribution in [2.45, 2.75) is 32.2 Å². The van der Waals surface area contributed by atoms with Gasteiger partial charge in [0.2, 0.25) is 0 Å². The number of nitrogens with two attached hydrogens (primary N) is 1. The first-order valence-corrected chi connectivity index (χ1v) is 6.71. The lowest BCUT2D eigenvalue weighted by atomic mass is 9.99. The maximum atomic E-state index is 13.8. The molecule has 1 fully saturated rings. The Hall–Kier alpha value is -1.42. The monoisotopic (exact) mass is 263 g/mol. The van der Waals surface area contributed by atoms with Gasteiger partial charge in [-0.15, -0.1) is 0 Å². The van der Waals surface area contributed by atoms with Crippen molar-refractivity contribution in [3.05, 3.63) is 35.6 Å². The standard InChI is InChI=1S/C15H22FN3/c1-11(12-5-3-4-6-13(12)16)19(2)10-15(7-8-15)9-14(17)18/h3-6,11H,7-10H2,1-2H3,(H3,17,18). The number of nitrogens with zero attached hydrogens (tertiary/aromatic N) is 1. The molecular formula is C15H22FN3. The van der Waals surface area contributed by atoms with Crippen molar-refractivity contribution in [1.82, 2.24) is 4.90 Å². The lowest BCUT2D eigenvalue weighted by Crippen LogP contribution is -2.32. The molecule has 104 valence electrons. The highest BCUT2D eigenvalue weighted by atomic mass is 19.1. The molecule has 1 unspecified atom stereocenters. The number of nitrogens with one attached hydrogen (secondary N) is 1. The first-order chi connectivity index (χ1) is 8.93. The fourth-order valence-electron chi connectivity index (χ4n) is 2.69. The Morgan fingerprint density at radius 2 is 2.11 bits per heavy atom. The van der Waals surface area contributed by atoms with E-state index in [1.54, 1.807) is 6.07 Å². The summed E-state index contributed by atoms with van der Waals surface area (Å²) in [6, 6.07) is 6.95. The van der Waals surface area contributed by atoms with Gasteiger partial charge in [0, 0.05) is 24.6 Å². The summed E-state index contributed by atoms with van der Waals surface area (Å²) in [4.78, 5) is 2.16. The highest BCUT2D eigenvalue weighted by Gasteiger charge is 2.44. The van der Waals surface area contributed by atoms with E-state index in [9.17, 15) is 4.39 Å². The van der Waals surface area contributed by atoms with Crippen molar-refractivity contribution in [2.75, 3.05) is 13.6 Å². The van der Waals surface area contributed by atoms with E-state index in [4.69, 9.17) is 11.1 Å². The first kappa shape index (κ1) is 14.0. The molecule has 1 aliphatic rings. The number of amidine groups is 1. The molecule has 4 heteroatoms. The molecule has 1 aliphatic carbocycles. The van der Waals surface area contributed by atoms with Crippen molar-refractivity contribution in [2.24, 2.45) is 11.1 Å². The average molecular weight is 263 g/mol. The number of halogens is 1. The van der Waals surface area contributed by atoms with E-state index in [1.165, 1.54) is 6.07 Å². The zero-order chi connectivity index (χ0) is 14.0. The summed E-state index contributed by atoms with van der Waals surface area (Å²) >= 11 is 0. The normalized spacial score (nSPS) is 18.3. The molecule has 0 spiro atoms. The summed E-state index contributed by atoms with van der Waals surface area (Å²) in [6.07, 6.45) is 2.88. The lowest BCUT2D eigenvalue weighted by molar-refractivity contribution is 0.208. The molecule has 0 heterocycles. The lowest BCUT2D eigenvalue weighted by Gasteiger charge is -2.29. The van der Waals surface area contributed by atoms with Gasteiger partial charge < -0.3 is 5.73 Å². The second kappa shape index (κ2) is 5.29. The molecule has 1 atom stereocenters. The molecule has 19 heavy (non-hydrogen) atoms. The van der Waals surface area contributed by atoms with Gasteiger partial charge in [-0.3, -0.25) is 10.3 Å². The van der Waals surface area contributed by atoms with Gasteiger partial charge in [-0.1, -0.05) is 18.2 Å². The molecule has 0 radical (unpaired) electrons. The molecule has 1 aromatic carbocycles. The Balaban J connectivity index is 2.02. The molecule has 0 bridgehead atoms. The molecule has 3 nitrogen and oxygen atoms in total. The van der Waals surface area contributed by atoms with Gasteiger partial charge in [-0.05, 0) is 38.3 Å². The fourth-order valence-corrected chi connectivity index (χ4v) is 2.69. The summed E-state index contributed by atoms with van der Waals surface area (Å²) in [5, 5.41) is 7.44. The SMILES string of the molecule is CC(c1ccccc1F)N(C)CC1(CC(=N)N)CC1. The number of hydrogen-bond acceptors (Lipinski definition) is 2. The van der Waals surface area contributed by atoms with Crippen molar-refractivity contribution in [1.29, 1.82) is 5.41 Å². The predicted octanol–water partition coefficient (Wildman–Crippen LogP) is 2.92. The van der Waals surface area contributed by atoms with Crippen molar-refractivity contribution in [3.8, 4) is 0 Å². The topological polar surface area (TPSA) is 53.1 Å². The Morgan fingerprint density at radius 3 is 2.63 bits per heavy atom. The van der Waals surface area contributed by atoms with Gasteiger partial charge in [0.1, 0.15) is 5.82 Å². The van der Waals surface area contributed by atoms with Gasteiger partial charge in [-0.2, -0.15) is 0 Å². The number of hydrogen-bond donors (Lipinski definition) is 2. The van der Waals surface area contributed by atoms with Gasteiger partial charge in [-0.25, -0.2) is 4.39 Å². The van der Waals surface area contributed by atoms with Gasteiger partial charge >= 0.3 is 0 Å². The molecule has 0 amide bonds. The van der Waals surface area contributed by atoms with E-state index in [1.807, 2.05) is 26.1 Å². The minimum absolute atomic E-state index is 0.0330. The van der Waals surface area contributed by atoms with E-state index in [0.29, 0.717) is 6.42 Å². The maximum Gasteiger partial charge on any atom is 0.127 e. The molecule has 0 aromatic heterocycles. The summed E-state index contributed by atoms with van der Waals surface area (Å²) in [5.74, 6) is 0.0997. The van der Waals surface area contributed by atoms with Crippen LogP contribution in [0.3, 0.4) is 0 Å². The van der Waals surface area contributed by atoms with E-state index in [0.717, 1.165) is 24.9 Å². The Kier molecular flexibility index (Phi) is 3.90. The van der Waals surface area contributed by atoms with Crippen LogP contribution in [0.1, 0.15) is 37.8 Å². The maximum absolute atomic E-state index is 13.8. The summed E-state index contributed by atoms with van der Waals surface area (Å²) in [6.45, 7) is 2.88. The van der Waals surface area contributed by atoms with Crippen LogP contribution >= 0.6 is 0 Å². The zero-order valence-electron chi connectivity index (χ0n) is 11.6. The first-order valence-electron chi connectivity index (χ1n) is 6.71. The van der Waals surface area contributed by atoms with E-state index in [-0.39, 0.29) is 23.1 Å². The van der Waals surface area contributed by atoms with E-state index < -0.39 is 0 Å². The molecule has 3 N–H and O–H groups in total. The number of benzene rings is 1. The van der Waals surface area contributed by atoms with Crippen LogP contribution in [-0.4, -0.2) is 24.3 Å². The molecule has 0 aliphatic heterocycles. The summed E-state index contributed by atoms with van der Waals surface area (Å²) < 4.78 is 13.8. The van der Waals surface area contributed by atoms with Gasteiger partial charge in [0.05, 0.1) is 5.84 Å². The van der Waals surface area contributed by atoms with E-state index in [2.05, 4.69) is 4.90 Å². The highest BCUT2D eigenvalue weighted by molar-refractivity contribution is 5.78. The largest absolute Gasteiger partial charge is 0.388 e. The van der Waals surface area contributed by atoms with Crippen molar-refractivity contribution < 1.29 is 4.39 Å². The van der Waals surface area contributed by atoms with Crippen LogP contribution in [0.15, 0.2) is 24.3 Å². The average Bonchev–Trinajstić information content (AvgIpc) is 3.07. The zero-order valence-corrected chi connectivity index (χ0v) is 11.6. The van der Waals surface area contributed by atoms with Crippen molar-refractivity contribution >= 4 is 5.84 Å². The van der Waals surface area contributed by atoms with E-state index >= 15 is 0 Å². The second-order valence-corrected chi connectivity index (χ2v) is 5.81. The van der Waals surface area contributed by atoms with Crippen LogP contribution in [0.5, 0.6) is 0 Å². The molecule has 1 saturated carbocycles. The van der Waals surface area contributed by atoms with Gasteiger partial charge in [0.25, 0.3) is 0 Å². The highest BCUT2D eigenvalue weighted by Crippen LogP contribution is 2.49. The molecule has 0 saturated heterocycles. The second-order valence-electron chi connectivity index (χ2n) is 5.81. The van der Waals surface area contributed by atoms with Gasteiger partial charge in [0.15, 0.2) is 0 Å². The van der Waals surface area contributed by atoms with Crippen LogP contribution in [0.25, 0.3) is 0 Å². The van der Waals surface area contributed by atoms with Crippen LogP contribution < -0.4 is 5.73 Å².